The van der Waals surface area contributed by atoms with Gasteiger partial charge in [0.2, 0.25) is 5.91 Å². The predicted octanol–water partition coefficient (Wildman–Crippen LogP) is 1.79. The number of likely N-dealkylation sites (tertiary alicyclic amines) is 1. The van der Waals surface area contributed by atoms with Crippen LogP contribution in [-0.4, -0.2) is 29.9 Å². The van der Waals surface area contributed by atoms with Crippen LogP contribution in [0.4, 0.5) is 4.39 Å². The number of allylic oxidation sites excluding steroid dienone is 1. The summed E-state index contributed by atoms with van der Waals surface area (Å²) in [5, 5.41) is 0. The lowest BCUT2D eigenvalue weighted by Gasteiger charge is -2.14. The van der Waals surface area contributed by atoms with Gasteiger partial charge in [-0.2, -0.15) is 0 Å². The van der Waals surface area contributed by atoms with Crippen LogP contribution in [0.5, 0.6) is 0 Å². The molecule has 1 aromatic rings. The number of rotatable bonds is 2. The number of amides is 1. The first-order chi connectivity index (χ1) is 8.58. The Morgan fingerprint density at radius 1 is 1.50 bits per heavy atom. The van der Waals surface area contributed by atoms with Gasteiger partial charge >= 0.3 is 0 Å². The zero-order valence-corrected chi connectivity index (χ0v) is 10.4. The largest absolute Gasteiger partial charge is 0.338 e. The van der Waals surface area contributed by atoms with E-state index >= 15 is 0 Å². The lowest BCUT2D eigenvalue weighted by atomic mass is 10.1. The molecule has 1 heterocycles. The zero-order chi connectivity index (χ0) is 13.1. The Kier molecular flexibility index (Phi) is 3.77. The molecule has 0 saturated carbocycles. The summed E-state index contributed by atoms with van der Waals surface area (Å²) in [6, 6.07) is 6.52. The van der Waals surface area contributed by atoms with Gasteiger partial charge in [0, 0.05) is 30.8 Å². The Balaban J connectivity index is 2.13. The van der Waals surface area contributed by atoms with Crippen LogP contribution >= 0.6 is 0 Å². The van der Waals surface area contributed by atoms with Gasteiger partial charge in [-0.1, -0.05) is 18.2 Å². The molecule has 2 N–H and O–H groups in total. The molecule has 0 aliphatic carbocycles. The third-order valence-electron chi connectivity index (χ3n) is 3.18. The van der Waals surface area contributed by atoms with Gasteiger partial charge in [0.1, 0.15) is 5.82 Å². The number of nitrogens with zero attached hydrogens (tertiary/aromatic N) is 1. The van der Waals surface area contributed by atoms with Crippen LogP contribution in [0.15, 0.2) is 30.3 Å². The standard InChI is InChI=1S/C14H17FN2O/c1-10(12-4-2-3-5-13(12)15)8-14(18)17-7-6-11(16)9-17/h2-5,8,11H,6-7,9,16H2,1H3/b10-8+. The van der Waals surface area contributed by atoms with Gasteiger partial charge in [-0.3, -0.25) is 4.79 Å². The minimum Gasteiger partial charge on any atom is -0.338 e. The lowest BCUT2D eigenvalue weighted by Crippen LogP contribution is -2.30. The van der Waals surface area contributed by atoms with Gasteiger partial charge in [-0.25, -0.2) is 4.39 Å². The van der Waals surface area contributed by atoms with E-state index in [1.807, 2.05) is 0 Å². The maximum absolute atomic E-state index is 13.5. The second-order valence-corrected chi connectivity index (χ2v) is 4.64. The fourth-order valence-corrected chi connectivity index (χ4v) is 2.12. The predicted molar refractivity (Wildman–Crippen MR) is 69.2 cm³/mol. The number of hydrogen-bond acceptors (Lipinski definition) is 2. The topological polar surface area (TPSA) is 46.3 Å². The molecule has 1 saturated heterocycles. The van der Waals surface area contributed by atoms with E-state index in [0.29, 0.717) is 24.2 Å². The Labute approximate surface area is 106 Å². The molecule has 3 nitrogen and oxygen atoms in total. The van der Waals surface area contributed by atoms with Crippen LogP contribution in [-0.2, 0) is 4.79 Å². The quantitative estimate of drug-likeness (QED) is 0.811. The Bertz CT molecular complexity index is 484. The molecule has 0 aromatic heterocycles. The molecule has 18 heavy (non-hydrogen) atoms. The van der Waals surface area contributed by atoms with Gasteiger partial charge in [0.15, 0.2) is 0 Å². The van der Waals surface area contributed by atoms with E-state index in [1.165, 1.54) is 12.1 Å². The Morgan fingerprint density at radius 3 is 2.83 bits per heavy atom. The van der Waals surface area contributed by atoms with Crippen LogP contribution in [0.3, 0.4) is 0 Å². The molecular weight excluding hydrogens is 231 g/mol. The van der Waals surface area contributed by atoms with Crippen molar-refractivity contribution in [2.24, 2.45) is 5.73 Å². The second-order valence-electron chi connectivity index (χ2n) is 4.64. The third kappa shape index (κ3) is 2.76. The summed E-state index contributed by atoms with van der Waals surface area (Å²) in [6.45, 7) is 3.01. The first-order valence-electron chi connectivity index (χ1n) is 6.05. The maximum Gasteiger partial charge on any atom is 0.246 e. The molecule has 0 radical (unpaired) electrons. The third-order valence-corrected chi connectivity index (χ3v) is 3.18. The molecular formula is C14H17FN2O. The second kappa shape index (κ2) is 5.31. The molecule has 1 fully saturated rings. The van der Waals surface area contributed by atoms with Gasteiger partial charge in [-0.15, -0.1) is 0 Å². The average Bonchev–Trinajstić information content (AvgIpc) is 2.76. The van der Waals surface area contributed by atoms with Crippen molar-refractivity contribution in [1.29, 1.82) is 0 Å². The highest BCUT2D eigenvalue weighted by molar-refractivity contribution is 5.95. The summed E-state index contributed by atoms with van der Waals surface area (Å²) in [7, 11) is 0. The number of benzene rings is 1. The first-order valence-corrected chi connectivity index (χ1v) is 6.05. The molecule has 0 bridgehead atoms. The van der Waals surface area contributed by atoms with Crippen LogP contribution < -0.4 is 5.73 Å². The summed E-state index contributed by atoms with van der Waals surface area (Å²) >= 11 is 0. The molecule has 96 valence electrons. The summed E-state index contributed by atoms with van der Waals surface area (Å²) in [5.41, 5.74) is 6.86. The molecule has 4 heteroatoms. The van der Waals surface area contributed by atoms with Gasteiger partial charge in [0.05, 0.1) is 0 Å². The Hall–Kier alpha value is -1.68. The number of carbonyl (C=O) groups is 1. The van der Waals surface area contributed by atoms with E-state index in [1.54, 1.807) is 30.0 Å². The van der Waals surface area contributed by atoms with E-state index < -0.39 is 0 Å². The van der Waals surface area contributed by atoms with Gasteiger partial charge < -0.3 is 10.6 Å². The van der Waals surface area contributed by atoms with Crippen molar-refractivity contribution in [2.75, 3.05) is 13.1 Å². The van der Waals surface area contributed by atoms with E-state index in [2.05, 4.69) is 0 Å². The van der Waals surface area contributed by atoms with E-state index in [4.69, 9.17) is 5.73 Å². The minimum absolute atomic E-state index is 0.0658. The Morgan fingerprint density at radius 2 is 2.22 bits per heavy atom. The van der Waals surface area contributed by atoms with Crippen molar-refractivity contribution in [1.82, 2.24) is 4.90 Å². The molecule has 0 spiro atoms. The molecule has 2 rings (SSSR count). The summed E-state index contributed by atoms with van der Waals surface area (Å²) < 4.78 is 13.5. The normalized spacial score (nSPS) is 20.3. The van der Waals surface area contributed by atoms with Crippen molar-refractivity contribution < 1.29 is 9.18 Å². The van der Waals surface area contributed by atoms with Gasteiger partial charge in [-0.05, 0) is 25.0 Å². The van der Waals surface area contributed by atoms with Crippen LogP contribution in [0.25, 0.3) is 5.57 Å². The minimum atomic E-state index is -0.308. The van der Waals surface area contributed by atoms with E-state index in [9.17, 15) is 9.18 Å². The number of hydrogen-bond donors (Lipinski definition) is 1. The van der Waals surface area contributed by atoms with Crippen LogP contribution in [0, 0.1) is 5.82 Å². The smallest absolute Gasteiger partial charge is 0.246 e. The monoisotopic (exact) mass is 248 g/mol. The van der Waals surface area contributed by atoms with Crippen molar-refractivity contribution in [3.05, 3.63) is 41.7 Å². The van der Waals surface area contributed by atoms with Crippen molar-refractivity contribution in [3.63, 3.8) is 0 Å². The molecule has 1 aliphatic rings. The van der Waals surface area contributed by atoms with Crippen LogP contribution in [0.2, 0.25) is 0 Å². The summed E-state index contributed by atoms with van der Waals surface area (Å²) in [5.74, 6) is -0.402. The summed E-state index contributed by atoms with van der Waals surface area (Å²) in [4.78, 5) is 13.7. The number of carbonyl (C=O) groups excluding carboxylic acids is 1. The van der Waals surface area contributed by atoms with Crippen molar-refractivity contribution >= 4 is 11.5 Å². The maximum atomic E-state index is 13.5. The molecule has 1 aromatic carbocycles. The van der Waals surface area contributed by atoms with E-state index in [-0.39, 0.29) is 17.8 Å². The van der Waals surface area contributed by atoms with Gasteiger partial charge in [0.25, 0.3) is 0 Å². The van der Waals surface area contributed by atoms with Crippen molar-refractivity contribution in [2.45, 2.75) is 19.4 Å². The zero-order valence-electron chi connectivity index (χ0n) is 10.4. The highest BCUT2D eigenvalue weighted by atomic mass is 19.1. The molecule has 1 amide bonds. The van der Waals surface area contributed by atoms with E-state index in [0.717, 1.165) is 6.42 Å². The molecule has 1 aliphatic heterocycles. The SMILES string of the molecule is C/C(=C\C(=O)N1CCC(N)C1)c1ccccc1F. The number of halogens is 1. The fraction of sp³-hybridized carbons (Fsp3) is 0.357. The fourth-order valence-electron chi connectivity index (χ4n) is 2.12. The highest BCUT2D eigenvalue weighted by Gasteiger charge is 2.22. The molecule has 1 unspecified atom stereocenters. The highest BCUT2D eigenvalue weighted by Crippen LogP contribution is 2.18. The average molecular weight is 248 g/mol. The first kappa shape index (κ1) is 12.8. The number of nitrogens with two attached hydrogens (primary N) is 1. The van der Waals surface area contributed by atoms with Crippen LogP contribution in [0.1, 0.15) is 18.9 Å². The molecule has 1 atom stereocenters. The summed E-state index contributed by atoms with van der Waals surface area (Å²) in [6.07, 6.45) is 2.31. The van der Waals surface area contributed by atoms with Crippen molar-refractivity contribution in [3.8, 4) is 0 Å². The lowest BCUT2D eigenvalue weighted by molar-refractivity contribution is -0.125.